The van der Waals surface area contributed by atoms with Crippen LogP contribution in [0.5, 0.6) is 0 Å². The van der Waals surface area contributed by atoms with Crippen molar-refractivity contribution >= 4 is 12.0 Å². The number of likely N-dealkylation sites (N-methyl/N-ethyl adjacent to an activating group) is 1. The van der Waals surface area contributed by atoms with Gasteiger partial charge >= 0.3 is 6.09 Å². The van der Waals surface area contributed by atoms with E-state index < -0.39 is 12.1 Å². The van der Waals surface area contributed by atoms with Crippen molar-refractivity contribution in [3.05, 3.63) is 35.9 Å². The lowest BCUT2D eigenvalue weighted by atomic mass is 10.2. The molecule has 0 fully saturated rings. The van der Waals surface area contributed by atoms with E-state index in [0.717, 1.165) is 10.5 Å². The molecule has 0 radical (unpaired) electrons. The molecule has 6 heteroatoms. The fourth-order valence-electron chi connectivity index (χ4n) is 1.56. The fourth-order valence-corrected chi connectivity index (χ4v) is 1.56. The zero-order chi connectivity index (χ0) is 14.3. The maximum atomic E-state index is 12.0. The predicted octanol–water partition coefficient (Wildman–Crippen LogP) is 0.928. The Morgan fingerprint density at radius 2 is 2.00 bits per heavy atom. The quantitative estimate of drug-likeness (QED) is 0.802. The van der Waals surface area contributed by atoms with E-state index in [1.54, 1.807) is 0 Å². The van der Waals surface area contributed by atoms with Crippen molar-refractivity contribution < 1.29 is 19.4 Å². The minimum atomic E-state index is -1.17. The summed E-state index contributed by atoms with van der Waals surface area (Å²) in [6.07, 6.45) is -1.17. The Morgan fingerprint density at radius 1 is 1.37 bits per heavy atom. The lowest BCUT2D eigenvalue weighted by molar-refractivity contribution is -0.127. The van der Waals surface area contributed by atoms with Crippen molar-refractivity contribution in [1.82, 2.24) is 10.2 Å². The molecule has 0 aromatic heterocycles. The number of rotatable bonds is 6. The van der Waals surface area contributed by atoms with Gasteiger partial charge in [0, 0.05) is 20.7 Å². The van der Waals surface area contributed by atoms with Crippen LogP contribution in [0.25, 0.3) is 0 Å². The first-order valence-electron chi connectivity index (χ1n) is 5.82. The molecule has 6 nitrogen and oxygen atoms in total. The topological polar surface area (TPSA) is 78.9 Å². The molecule has 0 saturated carbocycles. The van der Waals surface area contributed by atoms with Crippen LogP contribution in [0.2, 0.25) is 0 Å². The van der Waals surface area contributed by atoms with Crippen LogP contribution in [-0.2, 0) is 16.1 Å². The van der Waals surface area contributed by atoms with Gasteiger partial charge in [-0.05, 0) is 5.56 Å². The molecular weight excluding hydrogens is 248 g/mol. The molecule has 0 aliphatic heterocycles. The number of nitrogens with zero attached hydrogens (tertiary/aromatic N) is 1. The third kappa shape index (κ3) is 4.59. The van der Waals surface area contributed by atoms with E-state index in [9.17, 15) is 9.59 Å². The lowest BCUT2D eigenvalue weighted by Crippen LogP contribution is -2.49. The second-order valence-corrected chi connectivity index (χ2v) is 4.07. The van der Waals surface area contributed by atoms with Gasteiger partial charge in [-0.3, -0.25) is 9.69 Å². The van der Waals surface area contributed by atoms with Gasteiger partial charge in [-0.25, -0.2) is 4.79 Å². The largest absolute Gasteiger partial charge is 0.465 e. The standard InChI is InChI=1S/C13H18N2O4/c1-15(13(17)18)11(9-19-2)12(16)14-8-10-6-4-3-5-7-10/h3-7,11H,8-9H2,1-2H3,(H,14,16)(H,17,18). The second-order valence-electron chi connectivity index (χ2n) is 4.07. The van der Waals surface area contributed by atoms with Gasteiger partial charge < -0.3 is 15.2 Å². The third-order valence-corrected chi connectivity index (χ3v) is 2.71. The maximum Gasteiger partial charge on any atom is 0.407 e. The van der Waals surface area contributed by atoms with Crippen LogP contribution in [0, 0.1) is 0 Å². The maximum absolute atomic E-state index is 12.0. The molecule has 0 heterocycles. The molecule has 1 rings (SSSR count). The highest BCUT2D eigenvalue weighted by atomic mass is 16.5. The highest BCUT2D eigenvalue weighted by Crippen LogP contribution is 2.01. The zero-order valence-corrected chi connectivity index (χ0v) is 11.0. The van der Waals surface area contributed by atoms with Crippen molar-refractivity contribution in [2.45, 2.75) is 12.6 Å². The number of nitrogens with one attached hydrogen (secondary N) is 1. The first-order chi connectivity index (χ1) is 9.06. The highest BCUT2D eigenvalue weighted by molar-refractivity contribution is 5.85. The Kier molecular flexibility index (Phi) is 5.81. The molecule has 0 aliphatic rings. The Morgan fingerprint density at radius 3 is 2.53 bits per heavy atom. The molecule has 0 bridgehead atoms. The van der Waals surface area contributed by atoms with Crippen LogP contribution >= 0.6 is 0 Å². The molecular formula is C13H18N2O4. The molecule has 104 valence electrons. The molecule has 1 atom stereocenters. The summed E-state index contributed by atoms with van der Waals surface area (Å²) in [6, 6.07) is 8.54. The molecule has 2 amide bonds. The average Bonchev–Trinajstić information content (AvgIpc) is 2.42. The number of carboxylic acid groups (broad SMARTS) is 1. The summed E-state index contributed by atoms with van der Waals surface area (Å²) in [4.78, 5) is 23.8. The minimum absolute atomic E-state index is 0.0173. The van der Waals surface area contributed by atoms with Gasteiger partial charge in [-0.1, -0.05) is 30.3 Å². The smallest absolute Gasteiger partial charge is 0.407 e. The van der Waals surface area contributed by atoms with Gasteiger partial charge in [0.05, 0.1) is 6.61 Å². The molecule has 19 heavy (non-hydrogen) atoms. The monoisotopic (exact) mass is 266 g/mol. The molecule has 1 aromatic carbocycles. The number of amides is 2. The number of carbonyl (C=O) groups is 2. The average molecular weight is 266 g/mol. The SMILES string of the molecule is COCC(C(=O)NCc1ccccc1)N(C)C(=O)O. The van der Waals surface area contributed by atoms with Crippen molar-refractivity contribution in [3.63, 3.8) is 0 Å². The van der Waals surface area contributed by atoms with E-state index in [1.807, 2.05) is 30.3 Å². The molecule has 2 N–H and O–H groups in total. The van der Waals surface area contributed by atoms with Gasteiger partial charge in [-0.2, -0.15) is 0 Å². The van der Waals surface area contributed by atoms with E-state index in [1.165, 1.54) is 14.2 Å². The summed E-state index contributed by atoms with van der Waals surface area (Å²) in [7, 11) is 2.77. The van der Waals surface area contributed by atoms with Crippen LogP contribution in [0.1, 0.15) is 5.56 Å². The van der Waals surface area contributed by atoms with E-state index in [0.29, 0.717) is 6.54 Å². The van der Waals surface area contributed by atoms with E-state index in [-0.39, 0.29) is 12.5 Å². The van der Waals surface area contributed by atoms with Crippen LogP contribution in [0.3, 0.4) is 0 Å². The van der Waals surface area contributed by atoms with E-state index in [2.05, 4.69) is 5.32 Å². The summed E-state index contributed by atoms with van der Waals surface area (Å²) in [5, 5.41) is 11.6. The van der Waals surface area contributed by atoms with Gasteiger partial charge in [0.2, 0.25) is 5.91 Å². The fraction of sp³-hybridized carbons (Fsp3) is 0.385. The summed E-state index contributed by atoms with van der Waals surface area (Å²) >= 11 is 0. The number of carbonyl (C=O) groups excluding carboxylic acids is 1. The molecule has 0 spiro atoms. The van der Waals surface area contributed by atoms with Crippen LogP contribution in [-0.4, -0.2) is 48.8 Å². The number of ether oxygens (including phenoxy) is 1. The number of hydrogen-bond donors (Lipinski definition) is 2. The van der Waals surface area contributed by atoms with Crippen molar-refractivity contribution in [2.24, 2.45) is 0 Å². The van der Waals surface area contributed by atoms with Crippen LogP contribution < -0.4 is 5.32 Å². The second kappa shape index (κ2) is 7.38. The van der Waals surface area contributed by atoms with Gasteiger partial charge in [0.15, 0.2) is 0 Å². The Hall–Kier alpha value is -2.08. The zero-order valence-electron chi connectivity index (χ0n) is 11.0. The highest BCUT2D eigenvalue weighted by Gasteiger charge is 2.26. The lowest BCUT2D eigenvalue weighted by Gasteiger charge is -2.24. The van der Waals surface area contributed by atoms with E-state index in [4.69, 9.17) is 9.84 Å². The summed E-state index contributed by atoms with van der Waals surface area (Å²) in [5.41, 5.74) is 0.949. The first kappa shape index (κ1) is 15.0. The van der Waals surface area contributed by atoms with Crippen LogP contribution in [0.4, 0.5) is 4.79 Å². The minimum Gasteiger partial charge on any atom is -0.465 e. The van der Waals surface area contributed by atoms with Crippen molar-refractivity contribution in [2.75, 3.05) is 20.8 Å². The molecule has 0 saturated heterocycles. The van der Waals surface area contributed by atoms with Gasteiger partial charge in [0.1, 0.15) is 6.04 Å². The Labute approximate surface area is 112 Å². The molecule has 1 aromatic rings. The summed E-state index contributed by atoms with van der Waals surface area (Å²) in [6.45, 7) is 0.372. The molecule has 1 unspecified atom stereocenters. The van der Waals surface area contributed by atoms with Gasteiger partial charge in [0.25, 0.3) is 0 Å². The van der Waals surface area contributed by atoms with Crippen molar-refractivity contribution in [3.8, 4) is 0 Å². The first-order valence-corrected chi connectivity index (χ1v) is 5.82. The molecule has 0 aliphatic carbocycles. The Bertz CT molecular complexity index is 422. The number of hydrogen-bond acceptors (Lipinski definition) is 3. The number of methoxy groups -OCH3 is 1. The summed E-state index contributed by atoms with van der Waals surface area (Å²) in [5.74, 6) is -0.379. The van der Waals surface area contributed by atoms with Crippen molar-refractivity contribution in [1.29, 1.82) is 0 Å². The van der Waals surface area contributed by atoms with Gasteiger partial charge in [-0.15, -0.1) is 0 Å². The predicted molar refractivity (Wildman–Crippen MR) is 69.7 cm³/mol. The third-order valence-electron chi connectivity index (χ3n) is 2.71. The van der Waals surface area contributed by atoms with Crippen LogP contribution in [0.15, 0.2) is 30.3 Å². The Balaban J connectivity index is 2.60. The summed E-state index contributed by atoms with van der Waals surface area (Å²) < 4.78 is 4.88. The van der Waals surface area contributed by atoms with E-state index >= 15 is 0 Å². The normalized spacial score (nSPS) is 11.7. The number of benzene rings is 1.